The number of ether oxygens (including phenoxy) is 1. The van der Waals surface area contributed by atoms with Gasteiger partial charge in [0.25, 0.3) is 11.3 Å². The molecular weight excluding hydrogens is 419 g/mol. The Morgan fingerprint density at radius 1 is 1.12 bits per heavy atom. The van der Waals surface area contributed by atoms with Gasteiger partial charge in [-0.25, -0.2) is 14.2 Å². The number of esters is 1. The third-order valence-corrected chi connectivity index (χ3v) is 4.57. The van der Waals surface area contributed by atoms with Gasteiger partial charge in [0.1, 0.15) is 29.8 Å². The van der Waals surface area contributed by atoms with Crippen molar-refractivity contribution in [2.45, 2.75) is 13.5 Å². The second-order valence-corrected chi connectivity index (χ2v) is 6.74. The molecule has 0 radical (unpaired) electrons. The summed E-state index contributed by atoms with van der Waals surface area (Å²) in [6.07, 6.45) is 1.19. The molecule has 9 nitrogen and oxygen atoms in total. The van der Waals surface area contributed by atoms with Gasteiger partial charge in [0.15, 0.2) is 0 Å². The van der Waals surface area contributed by atoms with Crippen LogP contribution in [0.5, 0.6) is 0 Å². The molecule has 2 aromatic carbocycles. The number of rotatable bonds is 6. The molecule has 162 valence electrons. The van der Waals surface area contributed by atoms with Crippen LogP contribution in [0.15, 0.2) is 64.2 Å². The second kappa shape index (κ2) is 8.80. The van der Waals surface area contributed by atoms with Gasteiger partial charge in [-0.3, -0.25) is 14.2 Å². The van der Waals surface area contributed by atoms with Gasteiger partial charge >= 0.3 is 5.97 Å². The van der Waals surface area contributed by atoms with E-state index in [1.54, 1.807) is 19.1 Å². The van der Waals surface area contributed by atoms with Crippen LogP contribution in [0.2, 0.25) is 0 Å². The zero-order valence-corrected chi connectivity index (χ0v) is 16.9. The number of carbonyl (C=O) groups excluding carboxylic acids is 2. The number of nitrogens with one attached hydrogen (secondary N) is 1. The summed E-state index contributed by atoms with van der Waals surface area (Å²) >= 11 is 0. The summed E-state index contributed by atoms with van der Waals surface area (Å²) in [5.74, 6) is -1.36. The van der Waals surface area contributed by atoms with Gasteiger partial charge in [-0.1, -0.05) is 5.16 Å². The van der Waals surface area contributed by atoms with Crippen LogP contribution in [-0.4, -0.2) is 33.2 Å². The molecule has 0 atom stereocenters. The van der Waals surface area contributed by atoms with E-state index in [9.17, 15) is 18.8 Å². The maximum Gasteiger partial charge on any atom is 0.338 e. The van der Waals surface area contributed by atoms with Crippen molar-refractivity contribution in [2.24, 2.45) is 0 Å². The third kappa shape index (κ3) is 4.24. The van der Waals surface area contributed by atoms with Crippen molar-refractivity contribution in [3.8, 4) is 11.3 Å². The fourth-order valence-electron chi connectivity index (χ4n) is 3.06. The minimum atomic E-state index is -0.525. The maximum atomic E-state index is 13.2. The zero-order valence-electron chi connectivity index (χ0n) is 16.9. The van der Waals surface area contributed by atoms with E-state index in [1.807, 2.05) is 0 Å². The van der Waals surface area contributed by atoms with Gasteiger partial charge in [-0.15, -0.1) is 0 Å². The highest BCUT2D eigenvalue weighted by atomic mass is 19.1. The van der Waals surface area contributed by atoms with Crippen molar-refractivity contribution >= 4 is 28.7 Å². The third-order valence-electron chi connectivity index (χ3n) is 4.57. The first-order valence-electron chi connectivity index (χ1n) is 9.64. The number of amides is 1. The van der Waals surface area contributed by atoms with Crippen molar-refractivity contribution in [1.82, 2.24) is 14.7 Å². The number of nitrogens with zero attached hydrogens (tertiary/aromatic N) is 3. The largest absolute Gasteiger partial charge is 0.462 e. The summed E-state index contributed by atoms with van der Waals surface area (Å²) < 4.78 is 24.4. The van der Waals surface area contributed by atoms with Crippen molar-refractivity contribution in [1.29, 1.82) is 0 Å². The first kappa shape index (κ1) is 20.9. The normalized spacial score (nSPS) is 10.8. The van der Waals surface area contributed by atoms with E-state index in [1.165, 1.54) is 42.7 Å². The Morgan fingerprint density at radius 3 is 2.53 bits per heavy atom. The van der Waals surface area contributed by atoms with Crippen LogP contribution in [0.3, 0.4) is 0 Å². The molecule has 4 rings (SSSR count). The fraction of sp³-hybridized carbons (Fsp3) is 0.136. The lowest BCUT2D eigenvalue weighted by molar-refractivity contribution is -0.116. The van der Waals surface area contributed by atoms with Crippen LogP contribution in [0, 0.1) is 5.82 Å². The molecule has 0 unspecified atom stereocenters. The van der Waals surface area contributed by atoms with Crippen molar-refractivity contribution < 1.29 is 23.2 Å². The zero-order chi connectivity index (χ0) is 22.7. The second-order valence-electron chi connectivity index (χ2n) is 6.74. The topological polar surface area (TPSA) is 116 Å². The predicted molar refractivity (Wildman–Crippen MR) is 112 cm³/mol. The van der Waals surface area contributed by atoms with E-state index in [4.69, 9.17) is 9.26 Å². The molecule has 0 spiro atoms. The summed E-state index contributed by atoms with van der Waals surface area (Å²) in [5, 5.41) is 6.61. The molecule has 10 heteroatoms. The van der Waals surface area contributed by atoms with Gasteiger partial charge in [-0.05, 0) is 55.5 Å². The van der Waals surface area contributed by atoms with E-state index < -0.39 is 23.3 Å². The number of fused-ring (bicyclic) bond motifs is 1. The average Bonchev–Trinajstić information content (AvgIpc) is 3.22. The summed E-state index contributed by atoms with van der Waals surface area (Å²) in [5.41, 5.74) is 0.984. The number of anilines is 1. The Hall–Kier alpha value is -4.34. The standard InChI is InChI=1S/C22H17FN4O5/c1-2-31-22(30)14-5-9-16(10-6-14)25-17(28)11-27-12-24-20-18(21(27)29)19(26-32-20)13-3-7-15(23)8-4-13/h3-10,12H,2,11H2,1H3,(H,25,28). The Labute approximate surface area is 180 Å². The Bertz CT molecular complexity index is 1340. The molecule has 0 aliphatic carbocycles. The first-order chi connectivity index (χ1) is 15.5. The van der Waals surface area contributed by atoms with E-state index in [0.717, 1.165) is 4.57 Å². The molecule has 0 saturated carbocycles. The van der Waals surface area contributed by atoms with Crippen LogP contribution in [0.4, 0.5) is 10.1 Å². The van der Waals surface area contributed by atoms with Gasteiger partial charge in [0, 0.05) is 11.3 Å². The number of aromatic nitrogens is 3. The molecule has 1 N–H and O–H groups in total. The predicted octanol–water partition coefficient (Wildman–Crippen LogP) is 3.01. The highest BCUT2D eigenvalue weighted by molar-refractivity contribution is 5.93. The summed E-state index contributed by atoms with van der Waals surface area (Å²) in [6.45, 7) is 1.66. The molecule has 1 amide bonds. The molecule has 0 bridgehead atoms. The summed E-state index contributed by atoms with van der Waals surface area (Å²) in [4.78, 5) is 41.1. The quantitative estimate of drug-likeness (QED) is 0.462. The number of halogens is 1. The highest BCUT2D eigenvalue weighted by Gasteiger charge is 2.18. The Morgan fingerprint density at radius 2 is 1.84 bits per heavy atom. The lowest BCUT2D eigenvalue weighted by atomic mass is 10.1. The highest BCUT2D eigenvalue weighted by Crippen LogP contribution is 2.24. The minimum Gasteiger partial charge on any atom is -0.462 e. The average molecular weight is 436 g/mol. The SMILES string of the molecule is CCOC(=O)c1ccc(NC(=O)Cn2cnc3onc(-c4ccc(F)cc4)c3c2=O)cc1. The van der Waals surface area contributed by atoms with Crippen LogP contribution in [-0.2, 0) is 16.1 Å². The van der Waals surface area contributed by atoms with Crippen LogP contribution < -0.4 is 10.9 Å². The van der Waals surface area contributed by atoms with Crippen molar-refractivity contribution in [3.63, 3.8) is 0 Å². The van der Waals surface area contributed by atoms with Crippen LogP contribution >= 0.6 is 0 Å². The monoisotopic (exact) mass is 436 g/mol. The molecule has 0 aliphatic heterocycles. The number of hydrogen-bond acceptors (Lipinski definition) is 7. The Kier molecular flexibility index (Phi) is 5.75. The van der Waals surface area contributed by atoms with Gasteiger partial charge in [0.05, 0.1) is 12.2 Å². The van der Waals surface area contributed by atoms with Gasteiger partial charge in [-0.2, -0.15) is 0 Å². The first-order valence-corrected chi connectivity index (χ1v) is 9.64. The molecule has 2 heterocycles. The van der Waals surface area contributed by atoms with Gasteiger partial charge in [0.2, 0.25) is 5.91 Å². The Balaban J connectivity index is 1.54. The van der Waals surface area contributed by atoms with Crippen molar-refractivity contribution in [2.75, 3.05) is 11.9 Å². The molecule has 0 fully saturated rings. The van der Waals surface area contributed by atoms with Crippen LogP contribution in [0.25, 0.3) is 22.4 Å². The number of carbonyl (C=O) groups is 2. The lowest BCUT2D eigenvalue weighted by Crippen LogP contribution is -2.27. The lowest BCUT2D eigenvalue weighted by Gasteiger charge is -2.08. The minimum absolute atomic E-state index is 0.0144. The van der Waals surface area contributed by atoms with E-state index in [0.29, 0.717) is 16.8 Å². The summed E-state index contributed by atoms with van der Waals surface area (Å²) in [6, 6.07) is 11.6. The molecule has 2 aromatic heterocycles. The van der Waals surface area contributed by atoms with E-state index in [2.05, 4.69) is 15.5 Å². The molecule has 0 aliphatic rings. The summed E-state index contributed by atoms with van der Waals surface area (Å²) in [7, 11) is 0. The molecule has 4 aromatic rings. The van der Waals surface area contributed by atoms with E-state index >= 15 is 0 Å². The molecular formula is C22H17FN4O5. The van der Waals surface area contributed by atoms with Crippen molar-refractivity contribution in [3.05, 3.63) is 76.6 Å². The smallest absolute Gasteiger partial charge is 0.338 e. The number of benzene rings is 2. The number of hydrogen-bond donors (Lipinski definition) is 1. The van der Waals surface area contributed by atoms with Gasteiger partial charge < -0.3 is 14.6 Å². The maximum absolute atomic E-state index is 13.2. The molecule has 0 saturated heterocycles. The van der Waals surface area contributed by atoms with E-state index in [-0.39, 0.29) is 29.9 Å². The molecule has 32 heavy (non-hydrogen) atoms. The van der Waals surface area contributed by atoms with Crippen LogP contribution in [0.1, 0.15) is 17.3 Å². The fourth-order valence-corrected chi connectivity index (χ4v) is 3.06.